The van der Waals surface area contributed by atoms with E-state index in [9.17, 15) is 4.79 Å². The Morgan fingerprint density at radius 1 is 1.22 bits per heavy atom. The second kappa shape index (κ2) is 8.43. The van der Waals surface area contributed by atoms with Crippen LogP contribution >= 0.6 is 39.1 Å². The molecule has 122 valence electrons. The molecule has 1 N–H and O–H groups in total. The molecule has 0 saturated heterocycles. The van der Waals surface area contributed by atoms with Crippen LogP contribution in [0.3, 0.4) is 0 Å². The van der Waals surface area contributed by atoms with Gasteiger partial charge in [0.05, 0.1) is 16.6 Å². The molecule has 0 radical (unpaired) electrons. The van der Waals surface area contributed by atoms with Gasteiger partial charge in [-0.2, -0.15) is 0 Å². The van der Waals surface area contributed by atoms with E-state index in [1.807, 2.05) is 24.3 Å². The van der Waals surface area contributed by atoms with Crippen molar-refractivity contribution in [3.8, 4) is 11.5 Å². The van der Waals surface area contributed by atoms with Gasteiger partial charge in [-0.05, 0) is 45.8 Å². The Bertz CT molecular complexity index is 669. The van der Waals surface area contributed by atoms with Gasteiger partial charge >= 0.3 is 0 Å². The molecule has 2 rings (SSSR count). The number of halogens is 3. The van der Waals surface area contributed by atoms with Crippen LogP contribution in [0.15, 0.2) is 40.9 Å². The van der Waals surface area contributed by atoms with Crippen molar-refractivity contribution in [3.63, 3.8) is 0 Å². The van der Waals surface area contributed by atoms with Crippen molar-refractivity contribution in [2.75, 3.05) is 13.7 Å². The lowest BCUT2D eigenvalue weighted by molar-refractivity contribution is -0.123. The summed E-state index contributed by atoms with van der Waals surface area (Å²) in [7, 11) is 1.61. The fourth-order valence-electron chi connectivity index (χ4n) is 1.80. The van der Waals surface area contributed by atoms with E-state index in [2.05, 4.69) is 21.2 Å². The minimum Gasteiger partial charge on any atom is -0.497 e. The predicted octanol–water partition coefficient (Wildman–Crippen LogP) is 4.46. The van der Waals surface area contributed by atoms with E-state index in [4.69, 9.17) is 32.7 Å². The van der Waals surface area contributed by atoms with Crippen LogP contribution in [0.2, 0.25) is 10.0 Å². The van der Waals surface area contributed by atoms with Crippen LogP contribution in [0.5, 0.6) is 11.5 Å². The fraction of sp³-hybridized carbons (Fsp3) is 0.188. The molecule has 0 fully saturated rings. The topological polar surface area (TPSA) is 47.6 Å². The van der Waals surface area contributed by atoms with Crippen molar-refractivity contribution in [1.29, 1.82) is 0 Å². The summed E-state index contributed by atoms with van der Waals surface area (Å²) in [6.07, 6.45) is 0. The van der Waals surface area contributed by atoms with Crippen molar-refractivity contribution < 1.29 is 14.3 Å². The Morgan fingerprint density at radius 3 is 2.52 bits per heavy atom. The number of hydrogen-bond acceptors (Lipinski definition) is 3. The molecule has 2 aromatic rings. The normalized spacial score (nSPS) is 10.3. The molecular weight excluding hydrogens is 405 g/mol. The standard InChI is InChI=1S/C16H14BrCl2NO3/c1-22-12-4-2-10(3-5-12)8-20-15(21)9-23-16-13(17)6-11(18)7-14(16)19/h2-7H,8-9H2,1H3,(H,20,21). The Balaban J connectivity index is 1.85. The molecule has 0 bridgehead atoms. The molecule has 0 unspecified atom stereocenters. The molecule has 0 aliphatic heterocycles. The molecule has 0 saturated carbocycles. The van der Waals surface area contributed by atoms with Gasteiger partial charge in [-0.1, -0.05) is 35.3 Å². The first-order chi connectivity index (χ1) is 11.0. The number of rotatable bonds is 6. The lowest BCUT2D eigenvalue weighted by Crippen LogP contribution is -2.28. The van der Waals surface area contributed by atoms with E-state index in [1.165, 1.54) is 0 Å². The average Bonchev–Trinajstić information content (AvgIpc) is 2.52. The monoisotopic (exact) mass is 417 g/mol. The highest BCUT2D eigenvalue weighted by Gasteiger charge is 2.11. The molecular formula is C16H14BrCl2NO3. The molecule has 0 spiro atoms. The molecule has 1 amide bonds. The van der Waals surface area contributed by atoms with Crippen LogP contribution in [0.4, 0.5) is 0 Å². The Labute approximate surface area is 152 Å². The van der Waals surface area contributed by atoms with Crippen molar-refractivity contribution in [1.82, 2.24) is 5.32 Å². The number of carbonyl (C=O) groups is 1. The highest BCUT2D eigenvalue weighted by atomic mass is 79.9. The van der Waals surface area contributed by atoms with Gasteiger partial charge in [-0.3, -0.25) is 4.79 Å². The van der Waals surface area contributed by atoms with Crippen molar-refractivity contribution in [2.45, 2.75) is 6.54 Å². The number of hydrogen-bond donors (Lipinski definition) is 1. The summed E-state index contributed by atoms with van der Waals surface area (Å²) in [6, 6.07) is 10.6. The number of methoxy groups -OCH3 is 1. The molecule has 2 aromatic carbocycles. The van der Waals surface area contributed by atoms with E-state index < -0.39 is 0 Å². The zero-order valence-corrected chi connectivity index (χ0v) is 15.3. The van der Waals surface area contributed by atoms with E-state index in [0.717, 1.165) is 11.3 Å². The molecule has 4 nitrogen and oxygen atoms in total. The molecule has 0 heterocycles. The maximum absolute atomic E-state index is 11.9. The minimum absolute atomic E-state index is 0.143. The maximum Gasteiger partial charge on any atom is 0.258 e. The Kier molecular flexibility index (Phi) is 6.57. The van der Waals surface area contributed by atoms with Crippen LogP contribution in [-0.2, 0) is 11.3 Å². The van der Waals surface area contributed by atoms with Crippen LogP contribution < -0.4 is 14.8 Å². The number of benzene rings is 2. The first kappa shape index (κ1) is 17.9. The lowest BCUT2D eigenvalue weighted by Gasteiger charge is -2.11. The largest absolute Gasteiger partial charge is 0.497 e. The number of nitrogens with one attached hydrogen (secondary N) is 1. The molecule has 0 aromatic heterocycles. The predicted molar refractivity (Wildman–Crippen MR) is 94.5 cm³/mol. The first-order valence-corrected chi connectivity index (χ1v) is 8.21. The number of carbonyl (C=O) groups excluding carboxylic acids is 1. The zero-order chi connectivity index (χ0) is 16.8. The Morgan fingerprint density at radius 2 is 1.91 bits per heavy atom. The molecule has 7 heteroatoms. The second-order valence-corrected chi connectivity index (χ2v) is 6.31. The molecule has 0 atom stereocenters. The van der Waals surface area contributed by atoms with Gasteiger partial charge in [0.15, 0.2) is 12.4 Å². The molecule has 23 heavy (non-hydrogen) atoms. The average molecular weight is 419 g/mol. The van der Waals surface area contributed by atoms with Crippen LogP contribution in [0.25, 0.3) is 0 Å². The summed E-state index contributed by atoms with van der Waals surface area (Å²) >= 11 is 15.2. The van der Waals surface area contributed by atoms with E-state index in [0.29, 0.717) is 26.8 Å². The zero-order valence-electron chi connectivity index (χ0n) is 12.2. The second-order valence-electron chi connectivity index (χ2n) is 4.61. The summed E-state index contributed by atoms with van der Waals surface area (Å²) in [6.45, 7) is 0.262. The smallest absolute Gasteiger partial charge is 0.258 e. The van der Waals surface area contributed by atoms with Crippen LogP contribution in [0, 0.1) is 0 Å². The summed E-state index contributed by atoms with van der Waals surface area (Å²) in [5.74, 6) is 0.903. The maximum atomic E-state index is 11.9. The lowest BCUT2D eigenvalue weighted by atomic mass is 10.2. The third kappa shape index (κ3) is 5.30. The fourth-order valence-corrected chi connectivity index (χ4v) is 3.17. The molecule has 0 aliphatic carbocycles. The highest BCUT2D eigenvalue weighted by molar-refractivity contribution is 9.10. The van der Waals surface area contributed by atoms with Gasteiger partial charge in [0, 0.05) is 11.6 Å². The van der Waals surface area contributed by atoms with Gasteiger partial charge in [0.2, 0.25) is 0 Å². The third-order valence-corrected chi connectivity index (χ3v) is 4.05. The third-order valence-electron chi connectivity index (χ3n) is 2.96. The van der Waals surface area contributed by atoms with Crippen molar-refractivity contribution in [2.24, 2.45) is 0 Å². The minimum atomic E-state index is -0.251. The number of amides is 1. The van der Waals surface area contributed by atoms with E-state index >= 15 is 0 Å². The summed E-state index contributed by atoms with van der Waals surface area (Å²) < 4.78 is 11.1. The van der Waals surface area contributed by atoms with Crippen LogP contribution in [0.1, 0.15) is 5.56 Å². The number of ether oxygens (including phenoxy) is 2. The highest BCUT2D eigenvalue weighted by Crippen LogP contribution is 2.35. The summed E-state index contributed by atoms with van der Waals surface area (Å²) in [5.41, 5.74) is 0.963. The molecule has 0 aliphatic rings. The first-order valence-electron chi connectivity index (χ1n) is 6.66. The quantitative estimate of drug-likeness (QED) is 0.753. The van der Waals surface area contributed by atoms with E-state index in [-0.39, 0.29) is 12.5 Å². The Hall–Kier alpha value is -1.43. The van der Waals surface area contributed by atoms with Crippen LogP contribution in [-0.4, -0.2) is 19.6 Å². The van der Waals surface area contributed by atoms with Gasteiger partial charge in [0.1, 0.15) is 5.75 Å². The van der Waals surface area contributed by atoms with Crippen molar-refractivity contribution in [3.05, 3.63) is 56.5 Å². The van der Waals surface area contributed by atoms with Gasteiger partial charge in [-0.15, -0.1) is 0 Å². The summed E-state index contributed by atoms with van der Waals surface area (Å²) in [4.78, 5) is 11.9. The van der Waals surface area contributed by atoms with Gasteiger partial charge < -0.3 is 14.8 Å². The SMILES string of the molecule is COc1ccc(CNC(=O)COc2c(Cl)cc(Cl)cc2Br)cc1. The van der Waals surface area contributed by atoms with E-state index in [1.54, 1.807) is 19.2 Å². The van der Waals surface area contributed by atoms with Crippen molar-refractivity contribution >= 4 is 45.0 Å². The summed E-state index contributed by atoms with van der Waals surface area (Å²) in [5, 5.41) is 3.59. The van der Waals surface area contributed by atoms with Gasteiger partial charge in [-0.25, -0.2) is 0 Å². The van der Waals surface area contributed by atoms with Gasteiger partial charge in [0.25, 0.3) is 5.91 Å².